The van der Waals surface area contributed by atoms with E-state index in [0.717, 1.165) is 25.9 Å². The summed E-state index contributed by atoms with van der Waals surface area (Å²) in [6.07, 6.45) is 4.43. The molecule has 0 bridgehead atoms. The molecule has 0 spiro atoms. The van der Waals surface area contributed by atoms with Crippen molar-refractivity contribution in [1.82, 2.24) is 4.90 Å². The molecule has 0 aliphatic carbocycles. The highest BCUT2D eigenvalue weighted by molar-refractivity contribution is 6.05. The Kier molecular flexibility index (Phi) is 4.15. The molecule has 0 aromatic carbocycles. The molecular formula is C11H21N3O2. The van der Waals surface area contributed by atoms with E-state index < -0.39 is 5.41 Å². The molecule has 92 valence electrons. The first-order valence-corrected chi connectivity index (χ1v) is 5.77. The number of likely N-dealkylation sites (tertiary alicyclic amines) is 1. The van der Waals surface area contributed by atoms with Crippen molar-refractivity contribution in [2.45, 2.75) is 39.5 Å². The van der Waals surface area contributed by atoms with Crippen molar-refractivity contribution in [1.29, 1.82) is 0 Å². The van der Waals surface area contributed by atoms with Crippen molar-refractivity contribution in [3.05, 3.63) is 0 Å². The normalized spacial score (nSPS) is 19.4. The highest BCUT2D eigenvalue weighted by Gasteiger charge is 2.36. The summed E-state index contributed by atoms with van der Waals surface area (Å²) in [6.45, 7) is 4.94. The van der Waals surface area contributed by atoms with Gasteiger partial charge in [0.1, 0.15) is 5.41 Å². The van der Waals surface area contributed by atoms with Gasteiger partial charge in [-0.2, -0.15) is 0 Å². The highest BCUT2D eigenvalue weighted by atomic mass is 16.4. The van der Waals surface area contributed by atoms with E-state index in [4.69, 9.17) is 10.9 Å². The molecule has 1 amide bonds. The summed E-state index contributed by atoms with van der Waals surface area (Å²) in [5.41, 5.74) is 4.63. The Hall–Kier alpha value is -1.26. The number of amides is 1. The Labute approximate surface area is 96.3 Å². The zero-order valence-electron chi connectivity index (χ0n) is 10.1. The first kappa shape index (κ1) is 12.8. The Morgan fingerprint density at radius 2 is 1.75 bits per heavy atom. The van der Waals surface area contributed by atoms with Gasteiger partial charge in [0.05, 0.1) is 0 Å². The molecule has 1 heterocycles. The fraction of sp³-hybridized carbons (Fsp3) is 0.818. The summed E-state index contributed by atoms with van der Waals surface area (Å²) in [5.74, 6) is -0.0774. The zero-order chi connectivity index (χ0) is 12.2. The lowest BCUT2D eigenvalue weighted by molar-refractivity contribution is -0.137. The van der Waals surface area contributed by atoms with Crippen molar-refractivity contribution in [3.8, 4) is 0 Å². The molecule has 1 rings (SSSR count). The first-order chi connectivity index (χ1) is 7.50. The van der Waals surface area contributed by atoms with Crippen LogP contribution in [0.15, 0.2) is 5.16 Å². The molecule has 5 heteroatoms. The molecule has 1 fully saturated rings. The maximum Gasteiger partial charge on any atom is 0.235 e. The summed E-state index contributed by atoms with van der Waals surface area (Å²) < 4.78 is 0. The van der Waals surface area contributed by atoms with Crippen LogP contribution in [0.25, 0.3) is 0 Å². The molecule has 1 saturated heterocycles. The molecular weight excluding hydrogens is 206 g/mol. The van der Waals surface area contributed by atoms with E-state index >= 15 is 0 Å². The van der Waals surface area contributed by atoms with Crippen LogP contribution in [-0.4, -0.2) is 34.9 Å². The number of oxime groups is 1. The summed E-state index contributed by atoms with van der Waals surface area (Å²) in [6, 6.07) is 0. The molecule has 0 radical (unpaired) electrons. The van der Waals surface area contributed by atoms with Gasteiger partial charge in [-0.1, -0.05) is 18.0 Å². The van der Waals surface area contributed by atoms with E-state index in [1.165, 1.54) is 12.8 Å². The average molecular weight is 227 g/mol. The minimum atomic E-state index is -0.918. The Morgan fingerprint density at radius 1 is 1.25 bits per heavy atom. The molecule has 0 aromatic rings. The largest absolute Gasteiger partial charge is 0.409 e. The van der Waals surface area contributed by atoms with Gasteiger partial charge < -0.3 is 15.8 Å². The van der Waals surface area contributed by atoms with Gasteiger partial charge in [-0.15, -0.1) is 0 Å². The van der Waals surface area contributed by atoms with Crippen molar-refractivity contribution in [2.75, 3.05) is 13.1 Å². The van der Waals surface area contributed by atoms with Crippen LogP contribution >= 0.6 is 0 Å². The second-order valence-corrected chi connectivity index (χ2v) is 4.82. The SMILES string of the molecule is CC(C)(C(=O)N1CCCCCC1)C(N)=NO. The van der Waals surface area contributed by atoms with Gasteiger partial charge in [0.25, 0.3) is 0 Å². The van der Waals surface area contributed by atoms with Crippen LogP contribution in [0.3, 0.4) is 0 Å². The van der Waals surface area contributed by atoms with Gasteiger partial charge in [-0.05, 0) is 26.7 Å². The van der Waals surface area contributed by atoms with Gasteiger partial charge in [0.15, 0.2) is 5.84 Å². The van der Waals surface area contributed by atoms with E-state index in [2.05, 4.69) is 5.16 Å². The molecule has 1 aliphatic heterocycles. The smallest absolute Gasteiger partial charge is 0.235 e. The fourth-order valence-corrected chi connectivity index (χ4v) is 1.90. The maximum absolute atomic E-state index is 12.2. The molecule has 5 nitrogen and oxygen atoms in total. The molecule has 16 heavy (non-hydrogen) atoms. The predicted octanol–water partition coefficient (Wildman–Crippen LogP) is 1.16. The summed E-state index contributed by atoms with van der Waals surface area (Å²) in [4.78, 5) is 14.1. The van der Waals surface area contributed by atoms with Gasteiger partial charge in [0.2, 0.25) is 5.91 Å². The Morgan fingerprint density at radius 3 is 2.19 bits per heavy atom. The fourth-order valence-electron chi connectivity index (χ4n) is 1.90. The van der Waals surface area contributed by atoms with Crippen molar-refractivity contribution < 1.29 is 10.0 Å². The first-order valence-electron chi connectivity index (χ1n) is 5.77. The lowest BCUT2D eigenvalue weighted by Crippen LogP contribution is -2.48. The predicted molar refractivity (Wildman–Crippen MR) is 62.2 cm³/mol. The monoisotopic (exact) mass is 227 g/mol. The number of rotatable bonds is 2. The number of carbonyl (C=O) groups is 1. The standard InChI is InChI=1S/C11H21N3O2/c1-11(2,9(12)13-16)10(15)14-7-5-3-4-6-8-14/h16H,3-8H2,1-2H3,(H2,12,13). The number of carbonyl (C=O) groups excluding carboxylic acids is 1. The molecule has 0 unspecified atom stereocenters. The third-order valence-corrected chi connectivity index (χ3v) is 3.18. The second kappa shape index (κ2) is 5.18. The number of hydrogen-bond donors (Lipinski definition) is 2. The molecule has 1 aliphatic rings. The number of nitrogens with zero attached hydrogens (tertiary/aromatic N) is 2. The van der Waals surface area contributed by atoms with Gasteiger partial charge in [0, 0.05) is 13.1 Å². The van der Waals surface area contributed by atoms with Crippen LogP contribution in [0.2, 0.25) is 0 Å². The minimum Gasteiger partial charge on any atom is -0.409 e. The van der Waals surface area contributed by atoms with E-state index in [0.29, 0.717) is 0 Å². The second-order valence-electron chi connectivity index (χ2n) is 4.82. The third-order valence-electron chi connectivity index (χ3n) is 3.18. The lowest BCUT2D eigenvalue weighted by atomic mass is 9.90. The quantitative estimate of drug-likeness (QED) is 0.321. The van der Waals surface area contributed by atoms with Crippen LogP contribution in [0.1, 0.15) is 39.5 Å². The third kappa shape index (κ3) is 2.65. The molecule has 0 saturated carbocycles. The zero-order valence-corrected chi connectivity index (χ0v) is 10.1. The highest BCUT2D eigenvalue weighted by Crippen LogP contribution is 2.21. The van der Waals surface area contributed by atoms with Crippen molar-refractivity contribution in [2.24, 2.45) is 16.3 Å². The van der Waals surface area contributed by atoms with Crippen molar-refractivity contribution >= 4 is 11.7 Å². The topological polar surface area (TPSA) is 78.9 Å². The van der Waals surface area contributed by atoms with E-state index in [9.17, 15) is 4.79 Å². The van der Waals surface area contributed by atoms with Gasteiger partial charge in [-0.25, -0.2) is 0 Å². The van der Waals surface area contributed by atoms with E-state index in [1.54, 1.807) is 13.8 Å². The Bertz CT molecular complexity index is 279. The van der Waals surface area contributed by atoms with E-state index in [-0.39, 0.29) is 11.7 Å². The number of amidine groups is 1. The minimum absolute atomic E-state index is 0.0262. The molecule has 0 aromatic heterocycles. The number of hydrogen-bond acceptors (Lipinski definition) is 3. The number of nitrogens with two attached hydrogens (primary N) is 1. The van der Waals surface area contributed by atoms with Crippen LogP contribution < -0.4 is 5.73 Å². The van der Waals surface area contributed by atoms with Crippen LogP contribution in [0.4, 0.5) is 0 Å². The van der Waals surface area contributed by atoms with Gasteiger partial charge >= 0.3 is 0 Å². The lowest BCUT2D eigenvalue weighted by Gasteiger charge is -2.30. The van der Waals surface area contributed by atoms with Crippen LogP contribution in [-0.2, 0) is 4.79 Å². The molecule has 0 atom stereocenters. The summed E-state index contributed by atoms with van der Waals surface area (Å²) >= 11 is 0. The van der Waals surface area contributed by atoms with E-state index in [1.807, 2.05) is 4.90 Å². The van der Waals surface area contributed by atoms with Crippen molar-refractivity contribution in [3.63, 3.8) is 0 Å². The molecule has 3 N–H and O–H groups in total. The average Bonchev–Trinajstić information content (AvgIpc) is 2.55. The summed E-state index contributed by atoms with van der Waals surface area (Å²) in [7, 11) is 0. The van der Waals surface area contributed by atoms with Gasteiger partial charge in [-0.3, -0.25) is 4.79 Å². The summed E-state index contributed by atoms with van der Waals surface area (Å²) in [5, 5.41) is 11.6. The maximum atomic E-state index is 12.2. The Balaban J connectivity index is 2.75. The van der Waals surface area contributed by atoms with Crippen LogP contribution in [0, 0.1) is 5.41 Å². The van der Waals surface area contributed by atoms with Crippen LogP contribution in [0.5, 0.6) is 0 Å².